The van der Waals surface area contributed by atoms with Gasteiger partial charge in [0.1, 0.15) is 12.1 Å². The van der Waals surface area contributed by atoms with E-state index >= 15 is 0 Å². The second kappa shape index (κ2) is 7.03. The fourth-order valence-electron chi connectivity index (χ4n) is 2.51. The van der Waals surface area contributed by atoms with Crippen molar-refractivity contribution in [2.24, 2.45) is 0 Å². The highest BCUT2D eigenvalue weighted by atomic mass is 16.5. The summed E-state index contributed by atoms with van der Waals surface area (Å²) in [6.07, 6.45) is 5.33. The minimum Gasteiger partial charge on any atom is -0.467 e. The van der Waals surface area contributed by atoms with E-state index in [0.717, 1.165) is 31.7 Å². The smallest absolute Gasteiger partial charge is 0.324 e. The fourth-order valence-corrected chi connectivity index (χ4v) is 2.51. The van der Waals surface area contributed by atoms with Crippen LogP contribution in [0.1, 0.15) is 12.8 Å². The quantitative estimate of drug-likeness (QED) is 0.856. The number of aromatic nitrogens is 5. The van der Waals surface area contributed by atoms with E-state index in [1.54, 1.807) is 6.20 Å². The third-order valence-electron chi connectivity index (χ3n) is 3.59. The largest absolute Gasteiger partial charge is 0.467 e. The summed E-state index contributed by atoms with van der Waals surface area (Å²) in [7, 11) is 3.04. The van der Waals surface area contributed by atoms with Crippen molar-refractivity contribution in [1.29, 1.82) is 0 Å². The first kappa shape index (κ1) is 15.2. The summed E-state index contributed by atoms with van der Waals surface area (Å²) in [5, 5.41) is 3.41. The van der Waals surface area contributed by atoms with E-state index in [1.165, 1.54) is 20.5 Å². The van der Waals surface area contributed by atoms with Gasteiger partial charge in [0.25, 0.3) is 0 Å². The van der Waals surface area contributed by atoms with Gasteiger partial charge < -0.3 is 19.7 Å². The van der Waals surface area contributed by atoms with Crippen molar-refractivity contribution in [3.63, 3.8) is 0 Å². The Kier molecular flexibility index (Phi) is 4.65. The van der Waals surface area contributed by atoms with Gasteiger partial charge in [0.2, 0.25) is 5.95 Å². The first-order valence-electron chi connectivity index (χ1n) is 7.40. The van der Waals surface area contributed by atoms with Crippen molar-refractivity contribution in [1.82, 2.24) is 24.9 Å². The van der Waals surface area contributed by atoms with Gasteiger partial charge in [-0.05, 0) is 18.9 Å². The number of methoxy groups -OCH3 is 2. The summed E-state index contributed by atoms with van der Waals surface area (Å²) in [6, 6.07) is 2.61. The van der Waals surface area contributed by atoms with E-state index < -0.39 is 0 Å². The average molecular weight is 317 g/mol. The predicted octanol–water partition coefficient (Wildman–Crippen LogP) is 0.760. The van der Waals surface area contributed by atoms with Crippen LogP contribution in [0.3, 0.4) is 0 Å². The molecule has 1 aliphatic heterocycles. The molecule has 0 amide bonds. The number of nitrogens with one attached hydrogen (secondary N) is 1. The predicted molar refractivity (Wildman–Crippen MR) is 83.8 cm³/mol. The molecule has 0 bridgehead atoms. The van der Waals surface area contributed by atoms with Crippen LogP contribution in [0.25, 0.3) is 0 Å². The third kappa shape index (κ3) is 3.74. The molecule has 2 aromatic rings. The number of hydrogen-bond acceptors (Lipinski definition) is 9. The van der Waals surface area contributed by atoms with E-state index in [9.17, 15) is 0 Å². The van der Waals surface area contributed by atoms with Crippen LogP contribution in [-0.2, 0) is 0 Å². The Hall–Kier alpha value is -2.71. The Morgan fingerprint density at radius 1 is 1.17 bits per heavy atom. The van der Waals surface area contributed by atoms with Gasteiger partial charge in [0.15, 0.2) is 0 Å². The van der Waals surface area contributed by atoms with E-state index in [2.05, 4.69) is 35.1 Å². The van der Waals surface area contributed by atoms with Crippen molar-refractivity contribution in [2.75, 3.05) is 37.5 Å². The van der Waals surface area contributed by atoms with Gasteiger partial charge in [-0.1, -0.05) is 0 Å². The molecule has 1 fully saturated rings. The lowest BCUT2D eigenvalue weighted by Crippen LogP contribution is -2.43. The Bertz CT molecular complexity index is 618. The fraction of sp³-hybridized carbons (Fsp3) is 0.500. The van der Waals surface area contributed by atoms with E-state index in [0.29, 0.717) is 5.95 Å². The Morgan fingerprint density at radius 2 is 1.96 bits per heavy atom. The molecule has 1 saturated heterocycles. The number of anilines is 2. The van der Waals surface area contributed by atoms with Gasteiger partial charge in [-0.25, -0.2) is 9.97 Å². The third-order valence-corrected chi connectivity index (χ3v) is 3.59. The lowest BCUT2D eigenvalue weighted by atomic mass is 10.1. The molecule has 1 aliphatic rings. The monoisotopic (exact) mass is 317 g/mol. The Morgan fingerprint density at radius 3 is 2.61 bits per heavy atom. The lowest BCUT2D eigenvalue weighted by Gasteiger charge is -2.33. The summed E-state index contributed by atoms with van der Waals surface area (Å²) < 4.78 is 10.2. The molecule has 2 aromatic heterocycles. The van der Waals surface area contributed by atoms with Crippen molar-refractivity contribution < 1.29 is 9.47 Å². The molecule has 0 aromatic carbocycles. The van der Waals surface area contributed by atoms with Crippen LogP contribution in [-0.4, -0.2) is 58.3 Å². The van der Waals surface area contributed by atoms with Crippen molar-refractivity contribution in [3.05, 3.63) is 18.6 Å². The van der Waals surface area contributed by atoms with Gasteiger partial charge in [-0.3, -0.25) is 0 Å². The second-order valence-electron chi connectivity index (χ2n) is 5.13. The minimum absolute atomic E-state index is 0.248. The van der Waals surface area contributed by atoms with Crippen molar-refractivity contribution in [2.45, 2.75) is 18.9 Å². The maximum Gasteiger partial charge on any atom is 0.324 e. The summed E-state index contributed by atoms with van der Waals surface area (Å²) in [6.45, 7) is 1.64. The Labute approximate surface area is 134 Å². The Balaban J connectivity index is 1.73. The summed E-state index contributed by atoms with van der Waals surface area (Å²) in [4.78, 5) is 22.9. The summed E-state index contributed by atoms with van der Waals surface area (Å²) in [5.74, 6) is 1.38. The number of ether oxygens (including phenoxy) is 2. The van der Waals surface area contributed by atoms with Crippen LogP contribution in [0.4, 0.5) is 11.8 Å². The SMILES string of the molecule is COc1nc(OC)nc(N2CCCC(Nc3ccncn3)C2)n1. The first-order valence-corrected chi connectivity index (χ1v) is 7.40. The second-order valence-corrected chi connectivity index (χ2v) is 5.13. The molecule has 0 spiro atoms. The van der Waals surface area contributed by atoms with Crippen LogP contribution < -0.4 is 19.7 Å². The molecule has 122 valence electrons. The molecule has 3 rings (SSSR count). The maximum atomic E-state index is 5.11. The van der Waals surface area contributed by atoms with Crippen LogP contribution in [0.5, 0.6) is 12.0 Å². The highest BCUT2D eigenvalue weighted by molar-refractivity contribution is 5.38. The van der Waals surface area contributed by atoms with Crippen LogP contribution in [0, 0.1) is 0 Å². The van der Waals surface area contributed by atoms with Gasteiger partial charge in [0, 0.05) is 25.3 Å². The number of rotatable bonds is 5. The molecular weight excluding hydrogens is 298 g/mol. The van der Waals surface area contributed by atoms with Crippen molar-refractivity contribution in [3.8, 4) is 12.0 Å². The maximum absolute atomic E-state index is 5.11. The van der Waals surface area contributed by atoms with E-state index in [-0.39, 0.29) is 18.1 Å². The summed E-state index contributed by atoms with van der Waals surface area (Å²) >= 11 is 0. The standard InChI is InChI=1S/C14H19N7O2/c1-22-13-18-12(19-14(20-13)23-2)21-7-3-4-10(8-21)17-11-5-6-15-9-16-11/h5-6,9-10H,3-4,7-8H2,1-2H3,(H,15,16,17). The molecule has 1 N–H and O–H groups in total. The van der Waals surface area contributed by atoms with Gasteiger partial charge in [0.05, 0.1) is 14.2 Å². The molecule has 9 heteroatoms. The molecule has 0 saturated carbocycles. The number of hydrogen-bond donors (Lipinski definition) is 1. The molecule has 3 heterocycles. The molecular formula is C14H19N7O2. The van der Waals surface area contributed by atoms with Crippen LogP contribution in [0.15, 0.2) is 18.6 Å². The van der Waals surface area contributed by atoms with Crippen LogP contribution >= 0.6 is 0 Å². The van der Waals surface area contributed by atoms with Gasteiger partial charge in [-0.2, -0.15) is 9.97 Å². The zero-order valence-electron chi connectivity index (χ0n) is 13.1. The zero-order valence-corrected chi connectivity index (χ0v) is 13.1. The molecule has 1 atom stereocenters. The highest BCUT2D eigenvalue weighted by Crippen LogP contribution is 2.21. The minimum atomic E-state index is 0.248. The van der Waals surface area contributed by atoms with Gasteiger partial charge in [-0.15, -0.1) is 4.98 Å². The first-order chi connectivity index (χ1) is 11.3. The van der Waals surface area contributed by atoms with Crippen LogP contribution in [0.2, 0.25) is 0 Å². The molecule has 0 aliphatic carbocycles. The molecule has 9 nitrogen and oxygen atoms in total. The lowest BCUT2D eigenvalue weighted by molar-refractivity contribution is 0.339. The highest BCUT2D eigenvalue weighted by Gasteiger charge is 2.23. The number of piperidine rings is 1. The zero-order chi connectivity index (χ0) is 16.1. The normalized spacial score (nSPS) is 17.7. The van der Waals surface area contributed by atoms with Gasteiger partial charge >= 0.3 is 12.0 Å². The summed E-state index contributed by atoms with van der Waals surface area (Å²) in [5.41, 5.74) is 0. The number of nitrogens with zero attached hydrogens (tertiary/aromatic N) is 6. The van der Waals surface area contributed by atoms with Crippen molar-refractivity contribution >= 4 is 11.8 Å². The molecule has 23 heavy (non-hydrogen) atoms. The molecule has 1 unspecified atom stereocenters. The topological polar surface area (TPSA) is 98.2 Å². The average Bonchev–Trinajstić information content (AvgIpc) is 2.62. The van der Waals surface area contributed by atoms with E-state index in [1.807, 2.05) is 6.07 Å². The van der Waals surface area contributed by atoms with E-state index in [4.69, 9.17) is 9.47 Å². The molecule has 0 radical (unpaired) electrons.